The molecule has 0 saturated carbocycles. The van der Waals surface area contributed by atoms with Crippen molar-refractivity contribution in [3.8, 4) is 5.75 Å². The summed E-state index contributed by atoms with van der Waals surface area (Å²) in [7, 11) is 3.10. The van der Waals surface area contributed by atoms with E-state index in [9.17, 15) is 9.90 Å². The number of carbonyl (C=O) groups excluding carboxylic acids is 1. The number of aliphatic hydroxyl groups excluding tert-OH is 1. The Morgan fingerprint density at radius 2 is 2.25 bits per heavy atom. The van der Waals surface area contributed by atoms with Gasteiger partial charge in [-0.1, -0.05) is 17.7 Å². The number of methoxy groups -OCH3 is 2. The van der Waals surface area contributed by atoms with Gasteiger partial charge < -0.3 is 19.6 Å². The second-order valence-corrected chi connectivity index (χ2v) is 7.65. The number of hydrogen-bond donors (Lipinski definition) is 2. The van der Waals surface area contributed by atoms with Crippen molar-refractivity contribution in [2.75, 3.05) is 33.9 Å². The summed E-state index contributed by atoms with van der Waals surface area (Å²) >= 11 is 0. The predicted molar refractivity (Wildman–Crippen MR) is 107 cm³/mol. The number of allylic oxidation sites excluding steroid dienone is 1. The SMILES string of the molecule is CC=C1CN2CCc3c([nH]c4cccc(OC)c34)C2CC1C(CO)C(=O)OC. The number of nitrogens with one attached hydrogen (secondary N) is 1. The molecular formula is C22H28N2O4. The zero-order valence-electron chi connectivity index (χ0n) is 16.7. The van der Waals surface area contributed by atoms with Crippen LogP contribution in [0.1, 0.15) is 30.6 Å². The van der Waals surface area contributed by atoms with E-state index in [1.165, 1.54) is 29.3 Å². The molecule has 3 heterocycles. The molecule has 3 atom stereocenters. The Morgan fingerprint density at radius 1 is 1.43 bits per heavy atom. The minimum absolute atomic E-state index is 0.0250. The Balaban J connectivity index is 1.76. The summed E-state index contributed by atoms with van der Waals surface area (Å²) in [6.07, 6.45) is 3.84. The number of esters is 1. The lowest BCUT2D eigenvalue weighted by atomic mass is 9.75. The van der Waals surface area contributed by atoms with E-state index in [0.29, 0.717) is 0 Å². The summed E-state index contributed by atoms with van der Waals surface area (Å²) in [6.45, 7) is 3.59. The monoisotopic (exact) mass is 384 g/mol. The zero-order chi connectivity index (χ0) is 19.8. The number of fused-ring (bicyclic) bond motifs is 5. The number of benzene rings is 1. The van der Waals surface area contributed by atoms with Crippen LogP contribution in [0.2, 0.25) is 0 Å². The van der Waals surface area contributed by atoms with Crippen LogP contribution in [0.15, 0.2) is 29.8 Å². The van der Waals surface area contributed by atoms with E-state index in [4.69, 9.17) is 9.47 Å². The summed E-state index contributed by atoms with van der Waals surface area (Å²) in [6, 6.07) is 6.28. The summed E-state index contributed by atoms with van der Waals surface area (Å²) in [5.41, 5.74) is 4.83. The van der Waals surface area contributed by atoms with Gasteiger partial charge in [0.05, 0.1) is 32.8 Å². The van der Waals surface area contributed by atoms with Crippen LogP contribution in [0, 0.1) is 11.8 Å². The molecule has 0 amide bonds. The van der Waals surface area contributed by atoms with Crippen LogP contribution >= 0.6 is 0 Å². The Morgan fingerprint density at radius 3 is 2.93 bits per heavy atom. The van der Waals surface area contributed by atoms with E-state index in [2.05, 4.69) is 22.0 Å². The van der Waals surface area contributed by atoms with Crippen LogP contribution in [0.25, 0.3) is 10.9 Å². The van der Waals surface area contributed by atoms with E-state index < -0.39 is 5.92 Å². The molecule has 0 aliphatic carbocycles. The van der Waals surface area contributed by atoms with Crippen molar-refractivity contribution < 1.29 is 19.4 Å². The number of rotatable bonds is 4. The van der Waals surface area contributed by atoms with E-state index in [1.54, 1.807) is 7.11 Å². The molecule has 28 heavy (non-hydrogen) atoms. The summed E-state index contributed by atoms with van der Waals surface area (Å²) in [4.78, 5) is 18.4. The largest absolute Gasteiger partial charge is 0.496 e. The summed E-state index contributed by atoms with van der Waals surface area (Å²) in [5, 5.41) is 11.1. The van der Waals surface area contributed by atoms with E-state index >= 15 is 0 Å². The highest BCUT2D eigenvalue weighted by Crippen LogP contribution is 2.46. The van der Waals surface area contributed by atoms with Gasteiger partial charge in [0.15, 0.2) is 0 Å². The predicted octanol–water partition coefficient (Wildman–Crippen LogP) is 2.82. The first kappa shape index (κ1) is 19.0. The smallest absolute Gasteiger partial charge is 0.311 e. The first-order valence-electron chi connectivity index (χ1n) is 9.88. The minimum Gasteiger partial charge on any atom is -0.496 e. The Kier molecular flexibility index (Phi) is 5.17. The molecule has 150 valence electrons. The topological polar surface area (TPSA) is 74.8 Å². The van der Waals surface area contributed by atoms with Gasteiger partial charge in [0.25, 0.3) is 0 Å². The fourth-order valence-corrected chi connectivity index (χ4v) is 5.06. The third-order valence-corrected chi connectivity index (χ3v) is 6.46. The molecule has 4 rings (SSSR count). The van der Waals surface area contributed by atoms with E-state index in [1.807, 2.05) is 19.1 Å². The quantitative estimate of drug-likeness (QED) is 0.626. The van der Waals surface area contributed by atoms with Crippen molar-refractivity contribution in [3.63, 3.8) is 0 Å². The van der Waals surface area contributed by atoms with Crippen LogP contribution in [-0.2, 0) is 16.0 Å². The molecule has 1 aromatic carbocycles. The number of piperidine rings is 1. The molecule has 1 saturated heterocycles. The van der Waals surface area contributed by atoms with Crippen LogP contribution in [0.5, 0.6) is 5.75 Å². The standard InChI is InChI=1S/C22H28N2O4/c1-4-13-11-24-9-8-14-20-17(6-5-7-19(20)27-2)23-21(14)18(24)10-15(13)16(12-25)22(26)28-3/h4-7,15-16,18,23,25H,8-12H2,1-3H3. The van der Waals surface area contributed by atoms with Gasteiger partial charge in [0.2, 0.25) is 0 Å². The molecule has 0 radical (unpaired) electrons. The lowest BCUT2D eigenvalue weighted by Crippen LogP contribution is -2.45. The van der Waals surface area contributed by atoms with Crippen LogP contribution in [0.4, 0.5) is 0 Å². The molecule has 2 N–H and O–H groups in total. The minimum atomic E-state index is -0.525. The first-order valence-corrected chi connectivity index (χ1v) is 9.88. The molecule has 2 aromatic rings. The molecule has 2 aliphatic heterocycles. The molecule has 2 aliphatic rings. The molecule has 6 heteroatoms. The number of aromatic nitrogens is 1. The molecular weight excluding hydrogens is 356 g/mol. The molecule has 6 nitrogen and oxygen atoms in total. The van der Waals surface area contributed by atoms with Gasteiger partial charge in [0.1, 0.15) is 5.75 Å². The highest BCUT2D eigenvalue weighted by molar-refractivity contribution is 5.91. The lowest BCUT2D eigenvalue weighted by Gasteiger charge is -2.45. The van der Waals surface area contributed by atoms with Gasteiger partial charge >= 0.3 is 5.97 Å². The number of nitrogens with zero attached hydrogens (tertiary/aromatic N) is 1. The number of H-pyrrole nitrogens is 1. The lowest BCUT2D eigenvalue weighted by molar-refractivity contribution is -0.149. The average Bonchev–Trinajstić information content (AvgIpc) is 3.12. The van der Waals surface area contributed by atoms with Gasteiger partial charge in [-0.05, 0) is 43.4 Å². The number of aliphatic hydroxyl groups is 1. The maximum Gasteiger partial charge on any atom is 0.311 e. The third-order valence-electron chi connectivity index (χ3n) is 6.46. The van der Waals surface area contributed by atoms with Crippen molar-refractivity contribution in [2.24, 2.45) is 11.8 Å². The number of ether oxygens (including phenoxy) is 2. The maximum absolute atomic E-state index is 12.3. The fourth-order valence-electron chi connectivity index (χ4n) is 5.06. The van der Waals surface area contributed by atoms with E-state index in [0.717, 1.165) is 37.2 Å². The van der Waals surface area contributed by atoms with Gasteiger partial charge in [-0.2, -0.15) is 0 Å². The van der Waals surface area contributed by atoms with Gasteiger partial charge in [-0.25, -0.2) is 0 Å². The Hall–Kier alpha value is -2.31. The van der Waals surface area contributed by atoms with Crippen LogP contribution < -0.4 is 4.74 Å². The molecule has 1 aromatic heterocycles. The van der Waals surface area contributed by atoms with E-state index in [-0.39, 0.29) is 24.5 Å². The molecule has 1 fully saturated rings. The normalized spacial score (nSPS) is 24.6. The molecule has 0 bridgehead atoms. The van der Waals surface area contributed by atoms with Crippen LogP contribution in [0.3, 0.4) is 0 Å². The fraction of sp³-hybridized carbons (Fsp3) is 0.500. The van der Waals surface area contributed by atoms with Gasteiger partial charge in [0, 0.05) is 29.7 Å². The highest BCUT2D eigenvalue weighted by atomic mass is 16.5. The van der Waals surface area contributed by atoms with Gasteiger partial charge in [-0.15, -0.1) is 0 Å². The van der Waals surface area contributed by atoms with Gasteiger partial charge in [-0.3, -0.25) is 9.69 Å². The van der Waals surface area contributed by atoms with Crippen molar-refractivity contribution in [2.45, 2.75) is 25.8 Å². The first-order chi connectivity index (χ1) is 13.6. The molecule has 0 spiro atoms. The summed E-state index contributed by atoms with van der Waals surface area (Å²) in [5.74, 6) is 0.00740. The van der Waals surface area contributed by atoms with Crippen LogP contribution in [-0.4, -0.2) is 54.9 Å². The van der Waals surface area contributed by atoms with Crippen molar-refractivity contribution in [1.29, 1.82) is 0 Å². The second kappa shape index (κ2) is 7.60. The Bertz CT molecular complexity index is 917. The zero-order valence-corrected chi connectivity index (χ0v) is 16.7. The van der Waals surface area contributed by atoms with Crippen molar-refractivity contribution in [3.05, 3.63) is 41.1 Å². The second-order valence-electron chi connectivity index (χ2n) is 7.65. The number of carbonyl (C=O) groups is 1. The Labute approximate surface area is 165 Å². The number of hydrogen-bond acceptors (Lipinski definition) is 5. The highest BCUT2D eigenvalue weighted by Gasteiger charge is 2.42. The van der Waals surface area contributed by atoms with Crippen molar-refractivity contribution in [1.82, 2.24) is 9.88 Å². The average molecular weight is 384 g/mol. The van der Waals surface area contributed by atoms with Crippen molar-refractivity contribution >= 4 is 16.9 Å². The summed E-state index contributed by atoms with van der Waals surface area (Å²) < 4.78 is 10.6. The molecule has 3 unspecified atom stereocenters. The maximum atomic E-state index is 12.3. The number of aromatic amines is 1. The third kappa shape index (κ3) is 2.91.